The third-order valence-electron chi connectivity index (χ3n) is 1.56. The van der Waals surface area contributed by atoms with E-state index in [0.29, 0.717) is 18.6 Å². The minimum Gasteiger partial charge on any atom is -0.388 e. The Balaban J connectivity index is 3.55. The van der Waals surface area contributed by atoms with Gasteiger partial charge >= 0.3 is 0 Å². The highest BCUT2D eigenvalue weighted by Gasteiger charge is 2.10. The third-order valence-corrected chi connectivity index (χ3v) is 1.56. The van der Waals surface area contributed by atoms with E-state index in [2.05, 4.69) is 18.6 Å². The molecule has 0 spiro atoms. The van der Waals surface area contributed by atoms with Crippen LogP contribution in [0.25, 0.3) is 0 Å². The van der Waals surface area contributed by atoms with E-state index in [1.165, 1.54) is 0 Å². The number of amides is 1. The van der Waals surface area contributed by atoms with Crippen LogP contribution in [0.1, 0.15) is 19.8 Å². The van der Waals surface area contributed by atoms with Gasteiger partial charge in [0, 0.05) is 0 Å². The Morgan fingerprint density at radius 1 is 1.71 bits per heavy atom. The summed E-state index contributed by atoms with van der Waals surface area (Å²) >= 11 is 0. The van der Waals surface area contributed by atoms with Crippen LogP contribution in [0.2, 0.25) is 0 Å². The highest BCUT2D eigenvalue weighted by molar-refractivity contribution is 5.75. The van der Waals surface area contributed by atoms with Crippen molar-refractivity contribution in [1.82, 2.24) is 5.48 Å². The number of hydrogen-bond donors (Lipinski definition) is 2. The average molecular weight is 199 g/mol. The van der Waals surface area contributed by atoms with E-state index < -0.39 is 6.10 Å². The van der Waals surface area contributed by atoms with Crippen LogP contribution in [-0.4, -0.2) is 23.7 Å². The molecule has 0 unspecified atom stereocenters. The van der Waals surface area contributed by atoms with E-state index in [-0.39, 0.29) is 12.3 Å². The number of carbonyl (C=O) groups is 1. The highest BCUT2D eigenvalue weighted by atomic mass is 16.6. The van der Waals surface area contributed by atoms with Gasteiger partial charge in [0.15, 0.2) is 0 Å². The predicted molar refractivity (Wildman–Crippen MR) is 54.3 cm³/mol. The van der Waals surface area contributed by atoms with Crippen molar-refractivity contribution in [3.63, 3.8) is 0 Å². The number of nitrogens with one attached hydrogen (secondary N) is 1. The van der Waals surface area contributed by atoms with Crippen molar-refractivity contribution >= 4 is 5.91 Å². The zero-order valence-corrected chi connectivity index (χ0v) is 8.45. The number of carbonyl (C=O) groups excluding carboxylic acids is 1. The van der Waals surface area contributed by atoms with Gasteiger partial charge in [-0.25, -0.2) is 5.48 Å². The molecule has 0 aromatic carbocycles. The summed E-state index contributed by atoms with van der Waals surface area (Å²) in [6, 6.07) is 0. The highest BCUT2D eigenvalue weighted by Crippen LogP contribution is 2.01. The minimum absolute atomic E-state index is 0.0244. The van der Waals surface area contributed by atoms with Gasteiger partial charge in [-0.2, -0.15) is 0 Å². The molecular formula is C10H17NO3. The van der Waals surface area contributed by atoms with Gasteiger partial charge in [0.2, 0.25) is 5.91 Å². The van der Waals surface area contributed by atoms with Crippen molar-refractivity contribution in [3.8, 4) is 0 Å². The Hall–Kier alpha value is -1.13. The molecule has 0 aliphatic rings. The maximum atomic E-state index is 11.1. The predicted octanol–water partition coefficient (Wildman–Crippen LogP) is 0.937. The molecule has 0 saturated heterocycles. The second kappa shape index (κ2) is 7.29. The Morgan fingerprint density at radius 2 is 2.36 bits per heavy atom. The van der Waals surface area contributed by atoms with Crippen LogP contribution >= 0.6 is 0 Å². The first-order valence-electron chi connectivity index (χ1n) is 4.43. The van der Waals surface area contributed by atoms with E-state index in [1.54, 1.807) is 13.0 Å². The van der Waals surface area contributed by atoms with Crippen LogP contribution in [-0.2, 0) is 9.63 Å². The Labute approximate surface area is 84.2 Å². The molecule has 0 fully saturated rings. The quantitative estimate of drug-likeness (QED) is 0.364. The SMILES string of the molecule is C=CCCONC(=O)C[C@H](O)C(=C)C. The fraction of sp³-hybridized carbons (Fsp3) is 0.500. The van der Waals surface area contributed by atoms with Crippen molar-refractivity contribution < 1.29 is 14.7 Å². The Morgan fingerprint density at radius 3 is 2.86 bits per heavy atom. The van der Waals surface area contributed by atoms with Crippen molar-refractivity contribution in [2.75, 3.05) is 6.61 Å². The standard InChI is InChI=1S/C10H17NO3/c1-4-5-6-14-11-10(13)7-9(12)8(2)3/h4,9,12H,1-2,5-7H2,3H3,(H,11,13)/t9-/m0/s1. The van der Waals surface area contributed by atoms with E-state index >= 15 is 0 Å². The van der Waals surface area contributed by atoms with Gasteiger partial charge < -0.3 is 5.11 Å². The largest absolute Gasteiger partial charge is 0.388 e. The first-order chi connectivity index (χ1) is 6.57. The Kier molecular flexibility index (Phi) is 6.70. The number of aliphatic hydroxyl groups is 1. The lowest BCUT2D eigenvalue weighted by Gasteiger charge is -2.09. The van der Waals surface area contributed by atoms with Gasteiger partial charge in [0.25, 0.3) is 0 Å². The fourth-order valence-corrected chi connectivity index (χ4v) is 0.665. The fourth-order valence-electron chi connectivity index (χ4n) is 0.665. The summed E-state index contributed by atoms with van der Waals surface area (Å²) in [4.78, 5) is 15.9. The monoisotopic (exact) mass is 199 g/mol. The molecule has 0 aliphatic carbocycles. The Bertz CT molecular complexity index is 213. The molecule has 4 nitrogen and oxygen atoms in total. The number of hydroxylamine groups is 1. The lowest BCUT2D eigenvalue weighted by Crippen LogP contribution is -2.28. The zero-order chi connectivity index (χ0) is 11.0. The molecule has 0 aliphatic heterocycles. The molecule has 14 heavy (non-hydrogen) atoms. The molecule has 1 amide bonds. The van der Waals surface area contributed by atoms with E-state index in [0.717, 1.165) is 0 Å². The summed E-state index contributed by atoms with van der Waals surface area (Å²) in [6.07, 6.45) is 1.53. The first kappa shape index (κ1) is 12.9. The smallest absolute Gasteiger partial charge is 0.246 e. The number of aliphatic hydroxyl groups excluding tert-OH is 1. The lowest BCUT2D eigenvalue weighted by molar-refractivity contribution is -0.135. The first-order valence-corrected chi connectivity index (χ1v) is 4.43. The second-order valence-electron chi connectivity index (χ2n) is 3.02. The van der Waals surface area contributed by atoms with E-state index in [1.807, 2.05) is 0 Å². The zero-order valence-electron chi connectivity index (χ0n) is 8.45. The third kappa shape index (κ3) is 6.39. The molecule has 1 atom stereocenters. The molecule has 0 bridgehead atoms. The molecule has 0 saturated carbocycles. The van der Waals surface area contributed by atoms with Gasteiger partial charge in [0.1, 0.15) is 0 Å². The normalized spacial score (nSPS) is 11.9. The molecule has 0 radical (unpaired) electrons. The van der Waals surface area contributed by atoms with Gasteiger partial charge in [-0.1, -0.05) is 18.2 Å². The molecule has 0 aromatic rings. The molecule has 4 heteroatoms. The van der Waals surface area contributed by atoms with Crippen LogP contribution in [0, 0.1) is 0 Å². The van der Waals surface area contributed by atoms with E-state index in [4.69, 9.17) is 4.84 Å². The maximum absolute atomic E-state index is 11.1. The van der Waals surface area contributed by atoms with Crippen LogP contribution in [0.3, 0.4) is 0 Å². The second-order valence-corrected chi connectivity index (χ2v) is 3.02. The summed E-state index contributed by atoms with van der Waals surface area (Å²) in [6.45, 7) is 9.09. The van der Waals surface area contributed by atoms with Crippen molar-refractivity contribution in [3.05, 3.63) is 24.8 Å². The molecular weight excluding hydrogens is 182 g/mol. The van der Waals surface area contributed by atoms with Gasteiger partial charge in [-0.3, -0.25) is 9.63 Å². The van der Waals surface area contributed by atoms with E-state index in [9.17, 15) is 9.90 Å². The minimum atomic E-state index is -0.807. The van der Waals surface area contributed by atoms with Gasteiger partial charge in [0.05, 0.1) is 19.1 Å². The molecule has 2 N–H and O–H groups in total. The molecule has 0 aromatic heterocycles. The van der Waals surface area contributed by atoms with Crippen molar-refractivity contribution in [2.45, 2.75) is 25.9 Å². The van der Waals surface area contributed by atoms with Crippen LogP contribution < -0.4 is 5.48 Å². The van der Waals surface area contributed by atoms with Crippen LogP contribution in [0.4, 0.5) is 0 Å². The van der Waals surface area contributed by atoms with Gasteiger partial charge in [-0.05, 0) is 13.3 Å². The van der Waals surface area contributed by atoms with Gasteiger partial charge in [-0.15, -0.1) is 6.58 Å². The van der Waals surface area contributed by atoms with Crippen molar-refractivity contribution in [2.24, 2.45) is 0 Å². The maximum Gasteiger partial charge on any atom is 0.246 e. The summed E-state index contributed by atoms with van der Waals surface area (Å²) in [5.74, 6) is -0.357. The number of rotatable bonds is 7. The molecule has 0 rings (SSSR count). The summed E-state index contributed by atoms with van der Waals surface area (Å²) in [5, 5.41) is 9.27. The summed E-state index contributed by atoms with van der Waals surface area (Å²) < 4.78 is 0. The van der Waals surface area contributed by atoms with Crippen LogP contribution in [0.15, 0.2) is 24.8 Å². The average Bonchev–Trinajstić information content (AvgIpc) is 2.12. The summed E-state index contributed by atoms with van der Waals surface area (Å²) in [7, 11) is 0. The van der Waals surface area contributed by atoms with Crippen LogP contribution in [0.5, 0.6) is 0 Å². The lowest BCUT2D eigenvalue weighted by atomic mass is 10.1. The molecule has 0 heterocycles. The molecule has 80 valence electrons. The topological polar surface area (TPSA) is 58.6 Å². The van der Waals surface area contributed by atoms with Crippen molar-refractivity contribution in [1.29, 1.82) is 0 Å². The number of hydrogen-bond acceptors (Lipinski definition) is 3. The summed E-state index contributed by atoms with van der Waals surface area (Å²) in [5.41, 5.74) is 2.78.